The predicted molar refractivity (Wildman–Crippen MR) is 79.2 cm³/mol. The first-order valence-electron chi connectivity index (χ1n) is 7.06. The Bertz CT molecular complexity index is 315. The molecule has 0 heterocycles. The molecule has 18 heavy (non-hydrogen) atoms. The fourth-order valence-electron chi connectivity index (χ4n) is 1.71. The average molecular weight is 277 g/mol. The normalized spacial score (nSPS) is 13.6. The summed E-state index contributed by atoms with van der Waals surface area (Å²) >= 11 is 0. The van der Waals surface area contributed by atoms with Gasteiger partial charge in [-0.25, -0.2) is 12.7 Å². The molecule has 0 spiro atoms. The third-order valence-corrected chi connectivity index (χ3v) is 5.05. The Labute approximate surface area is 114 Å². The number of hydrogen-bond donors (Lipinski definition) is 0. The van der Waals surface area contributed by atoms with E-state index >= 15 is 0 Å². The lowest BCUT2D eigenvalue weighted by molar-refractivity contribution is 0.307. The lowest BCUT2D eigenvalue weighted by Gasteiger charge is -2.27. The van der Waals surface area contributed by atoms with Crippen molar-refractivity contribution in [2.45, 2.75) is 60.8 Å². The van der Waals surface area contributed by atoms with Crippen molar-refractivity contribution >= 4 is 10.0 Å². The molecule has 4 heteroatoms. The van der Waals surface area contributed by atoms with Crippen LogP contribution in [0.2, 0.25) is 0 Å². The van der Waals surface area contributed by atoms with E-state index in [1.165, 1.54) is 0 Å². The zero-order valence-electron chi connectivity index (χ0n) is 13.0. The number of unbranched alkanes of at least 4 members (excludes halogenated alkanes) is 1. The Morgan fingerprint density at radius 2 is 1.67 bits per heavy atom. The first kappa shape index (κ1) is 17.9. The van der Waals surface area contributed by atoms with Crippen LogP contribution in [-0.4, -0.2) is 31.6 Å². The van der Waals surface area contributed by atoms with Crippen LogP contribution in [0.15, 0.2) is 0 Å². The van der Waals surface area contributed by atoms with E-state index in [2.05, 4.69) is 27.7 Å². The van der Waals surface area contributed by atoms with Crippen molar-refractivity contribution in [1.29, 1.82) is 0 Å². The minimum atomic E-state index is -3.08. The molecule has 3 nitrogen and oxygen atoms in total. The smallest absolute Gasteiger partial charge is 0.212 e. The molecule has 0 amide bonds. The zero-order valence-corrected chi connectivity index (χ0v) is 13.8. The van der Waals surface area contributed by atoms with Crippen molar-refractivity contribution in [1.82, 2.24) is 4.31 Å². The average Bonchev–Trinajstić information content (AvgIpc) is 2.13. The van der Waals surface area contributed by atoms with Crippen LogP contribution in [0.25, 0.3) is 0 Å². The van der Waals surface area contributed by atoms with Gasteiger partial charge in [0.1, 0.15) is 0 Å². The molecule has 0 rings (SSSR count). The second-order valence-electron chi connectivity index (χ2n) is 6.74. The SMILES string of the molecule is CCCCN(CCC(C)(C)C)S(=O)(=O)CC(C)C. The first-order valence-corrected chi connectivity index (χ1v) is 8.67. The number of nitrogens with zero attached hydrogens (tertiary/aromatic N) is 1. The molecule has 0 N–H and O–H groups in total. The Balaban J connectivity index is 4.66. The van der Waals surface area contributed by atoms with Crippen LogP contribution in [0, 0.1) is 11.3 Å². The van der Waals surface area contributed by atoms with Crippen LogP contribution in [0.5, 0.6) is 0 Å². The summed E-state index contributed by atoms with van der Waals surface area (Å²) in [6.45, 7) is 13.8. The number of sulfonamides is 1. The van der Waals surface area contributed by atoms with Gasteiger partial charge in [-0.05, 0) is 24.2 Å². The van der Waals surface area contributed by atoms with E-state index in [0.29, 0.717) is 13.1 Å². The zero-order chi connectivity index (χ0) is 14.4. The fourth-order valence-corrected chi connectivity index (χ4v) is 3.54. The summed E-state index contributed by atoms with van der Waals surface area (Å²) < 4.78 is 26.3. The third kappa shape index (κ3) is 8.09. The molecule has 0 bridgehead atoms. The minimum Gasteiger partial charge on any atom is -0.212 e. The highest BCUT2D eigenvalue weighted by Crippen LogP contribution is 2.20. The van der Waals surface area contributed by atoms with Gasteiger partial charge in [-0.1, -0.05) is 48.0 Å². The van der Waals surface area contributed by atoms with Crippen molar-refractivity contribution in [2.24, 2.45) is 11.3 Å². The van der Waals surface area contributed by atoms with Gasteiger partial charge in [0.15, 0.2) is 0 Å². The Kier molecular flexibility index (Phi) is 7.45. The van der Waals surface area contributed by atoms with Gasteiger partial charge in [-0.3, -0.25) is 0 Å². The van der Waals surface area contributed by atoms with E-state index in [1.54, 1.807) is 4.31 Å². The molecule has 0 fully saturated rings. The first-order chi connectivity index (χ1) is 8.08. The molecule has 0 saturated heterocycles. The van der Waals surface area contributed by atoms with Crippen molar-refractivity contribution < 1.29 is 8.42 Å². The van der Waals surface area contributed by atoms with Gasteiger partial charge in [-0.2, -0.15) is 0 Å². The van der Waals surface area contributed by atoms with Crippen molar-refractivity contribution in [2.75, 3.05) is 18.8 Å². The molecule has 0 aromatic carbocycles. The summed E-state index contributed by atoms with van der Waals surface area (Å²) in [6.07, 6.45) is 2.89. The summed E-state index contributed by atoms with van der Waals surface area (Å²) in [4.78, 5) is 0. The van der Waals surface area contributed by atoms with Crippen molar-refractivity contribution in [3.05, 3.63) is 0 Å². The van der Waals surface area contributed by atoms with Crippen LogP contribution < -0.4 is 0 Å². The molecule has 0 saturated carbocycles. The van der Waals surface area contributed by atoms with Gasteiger partial charge in [0.2, 0.25) is 10.0 Å². The van der Waals surface area contributed by atoms with Crippen LogP contribution in [0.4, 0.5) is 0 Å². The molecule has 0 aliphatic carbocycles. The van der Waals surface area contributed by atoms with Gasteiger partial charge >= 0.3 is 0 Å². The standard InChI is InChI=1S/C14H31NO2S/c1-7-8-10-15(11-9-14(4,5)6)18(16,17)12-13(2)3/h13H,7-12H2,1-6H3. The van der Waals surface area contributed by atoms with E-state index in [1.807, 2.05) is 13.8 Å². The summed E-state index contributed by atoms with van der Waals surface area (Å²) in [5, 5.41) is 0. The molecular weight excluding hydrogens is 246 g/mol. The van der Waals surface area contributed by atoms with Crippen LogP contribution in [0.1, 0.15) is 60.8 Å². The summed E-state index contributed by atoms with van der Waals surface area (Å²) in [5.74, 6) is 0.453. The van der Waals surface area contributed by atoms with Gasteiger partial charge in [0.25, 0.3) is 0 Å². The second kappa shape index (κ2) is 7.49. The van der Waals surface area contributed by atoms with Gasteiger partial charge in [0.05, 0.1) is 5.75 Å². The maximum absolute atomic E-state index is 12.3. The largest absolute Gasteiger partial charge is 0.214 e. The monoisotopic (exact) mass is 277 g/mol. The van der Waals surface area contributed by atoms with Crippen LogP contribution >= 0.6 is 0 Å². The molecule has 0 aliphatic heterocycles. The lowest BCUT2D eigenvalue weighted by Crippen LogP contribution is -2.37. The van der Waals surface area contributed by atoms with Crippen LogP contribution in [0.3, 0.4) is 0 Å². The van der Waals surface area contributed by atoms with E-state index in [4.69, 9.17) is 0 Å². The predicted octanol–water partition coefficient (Wildman–Crippen LogP) is 3.51. The maximum atomic E-state index is 12.3. The van der Waals surface area contributed by atoms with Gasteiger partial charge in [-0.15, -0.1) is 0 Å². The van der Waals surface area contributed by atoms with E-state index in [-0.39, 0.29) is 17.1 Å². The Morgan fingerprint density at radius 1 is 1.11 bits per heavy atom. The van der Waals surface area contributed by atoms with E-state index < -0.39 is 10.0 Å². The lowest BCUT2D eigenvalue weighted by atomic mass is 9.92. The quantitative estimate of drug-likeness (QED) is 0.681. The van der Waals surface area contributed by atoms with Gasteiger partial charge in [0, 0.05) is 13.1 Å². The Hall–Kier alpha value is -0.0900. The van der Waals surface area contributed by atoms with Crippen LogP contribution in [-0.2, 0) is 10.0 Å². The molecule has 0 aromatic heterocycles. The number of rotatable bonds is 8. The third-order valence-electron chi connectivity index (χ3n) is 2.81. The molecule has 0 radical (unpaired) electrons. The van der Waals surface area contributed by atoms with Crippen molar-refractivity contribution in [3.63, 3.8) is 0 Å². The van der Waals surface area contributed by atoms with Gasteiger partial charge < -0.3 is 0 Å². The Morgan fingerprint density at radius 3 is 2.06 bits per heavy atom. The van der Waals surface area contributed by atoms with E-state index in [0.717, 1.165) is 19.3 Å². The highest BCUT2D eigenvalue weighted by Gasteiger charge is 2.24. The molecule has 0 aromatic rings. The van der Waals surface area contributed by atoms with E-state index in [9.17, 15) is 8.42 Å². The molecule has 0 unspecified atom stereocenters. The molecule has 0 aliphatic rings. The highest BCUT2D eigenvalue weighted by atomic mass is 32.2. The summed E-state index contributed by atoms with van der Waals surface area (Å²) in [5.41, 5.74) is 0.178. The summed E-state index contributed by atoms with van der Waals surface area (Å²) in [7, 11) is -3.08. The maximum Gasteiger partial charge on any atom is 0.214 e. The summed E-state index contributed by atoms with van der Waals surface area (Å²) in [6, 6.07) is 0. The molecule has 110 valence electrons. The highest BCUT2D eigenvalue weighted by molar-refractivity contribution is 7.89. The topological polar surface area (TPSA) is 37.4 Å². The number of hydrogen-bond acceptors (Lipinski definition) is 2. The molecular formula is C14H31NO2S. The van der Waals surface area contributed by atoms with Crippen molar-refractivity contribution in [3.8, 4) is 0 Å². The molecule has 0 atom stereocenters. The second-order valence-corrected chi connectivity index (χ2v) is 8.75. The fraction of sp³-hybridized carbons (Fsp3) is 1.00. The minimum absolute atomic E-state index is 0.178.